The van der Waals surface area contributed by atoms with Crippen LogP contribution in [-0.2, 0) is 0 Å². The fourth-order valence-corrected chi connectivity index (χ4v) is 6.88. The Morgan fingerprint density at radius 3 is 1.62 bits per heavy atom. The summed E-state index contributed by atoms with van der Waals surface area (Å²) < 4.78 is 12.2. The molecule has 0 radical (unpaired) electrons. The van der Waals surface area contributed by atoms with E-state index in [-0.39, 0.29) is 0 Å². The van der Waals surface area contributed by atoms with Crippen LogP contribution in [-0.4, -0.2) is 9.13 Å². The average molecular weight is 624 g/mol. The van der Waals surface area contributed by atoms with Crippen LogP contribution in [0.25, 0.3) is 76.9 Å². The molecule has 0 bridgehead atoms. The van der Waals surface area contributed by atoms with Crippen LogP contribution in [0.2, 0.25) is 0 Å². The summed E-state index contributed by atoms with van der Waals surface area (Å²) in [5.74, 6) is 0. The predicted octanol–water partition coefficient (Wildman–Crippen LogP) is 10.4. The summed E-state index contributed by atoms with van der Waals surface area (Å²) in [5.41, 5.74) is 8.96. The third kappa shape index (κ3) is 2.99. The van der Waals surface area contributed by atoms with Crippen LogP contribution in [0.1, 0.15) is 0 Å². The number of rotatable bonds is 2. The molecule has 40 heavy (non-hydrogen) atoms. The van der Waals surface area contributed by atoms with Crippen molar-refractivity contribution < 1.29 is 4.42 Å². The van der Waals surface area contributed by atoms with E-state index in [1.165, 1.54) is 52.9 Å². The lowest BCUT2D eigenvalue weighted by atomic mass is 10.1. The van der Waals surface area contributed by atoms with E-state index < -0.39 is 0 Å². The maximum absolute atomic E-state index is 6.15. The summed E-state index contributed by atoms with van der Waals surface area (Å²) in [5, 5.41) is 7.37. The summed E-state index contributed by atoms with van der Waals surface area (Å²) in [6, 6.07) is 45.7. The minimum atomic E-state index is 0.911. The second kappa shape index (κ2) is 8.23. The number of hydrogen-bond donors (Lipinski definition) is 0. The number of hydrogen-bond acceptors (Lipinski definition) is 1. The smallest absolute Gasteiger partial charge is 0.135 e. The van der Waals surface area contributed by atoms with Crippen LogP contribution < -0.4 is 0 Å². The van der Waals surface area contributed by atoms with Crippen molar-refractivity contribution >= 4 is 88.1 Å². The van der Waals surface area contributed by atoms with Crippen molar-refractivity contribution in [2.75, 3.05) is 0 Å². The van der Waals surface area contributed by atoms with Gasteiger partial charge in [0.05, 0.1) is 22.1 Å². The van der Waals surface area contributed by atoms with Gasteiger partial charge in [-0.2, -0.15) is 0 Å². The van der Waals surface area contributed by atoms with Gasteiger partial charge in [0.25, 0.3) is 0 Å². The molecule has 0 amide bonds. The predicted molar refractivity (Wildman–Crippen MR) is 175 cm³/mol. The number of para-hydroxylation sites is 3. The molecule has 0 atom stereocenters. The zero-order valence-corrected chi connectivity index (χ0v) is 23.5. The molecule has 0 fully saturated rings. The Labute approximate surface area is 243 Å². The molecule has 0 aliphatic carbocycles. The van der Waals surface area contributed by atoms with Crippen molar-refractivity contribution in [2.45, 2.75) is 0 Å². The third-order valence-corrected chi connectivity index (χ3v) is 8.89. The summed E-state index contributed by atoms with van der Waals surface area (Å²) in [7, 11) is 0. The van der Waals surface area contributed by atoms with E-state index in [0.29, 0.717) is 0 Å². The summed E-state index contributed by atoms with van der Waals surface area (Å²) in [6.07, 6.45) is 0. The highest BCUT2D eigenvalue weighted by Gasteiger charge is 2.20. The first kappa shape index (κ1) is 22.3. The van der Waals surface area contributed by atoms with Crippen molar-refractivity contribution in [1.82, 2.24) is 9.13 Å². The summed E-state index contributed by atoms with van der Waals surface area (Å²) in [4.78, 5) is 0. The number of furan rings is 1. The molecule has 9 rings (SSSR count). The standard InChI is InChI=1S/C36H21IN2O/c37-22-13-15-23(16-14-22)38-29-10-4-1-8-26(29)35-31(38)18-19-32-36(35)27-9-2-5-11-30(27)39(32)24-17-20-34-28(21-24)25-7-3-6-12-33(25)40-34/h1-21H. The molecule has 4 heteroatoms. The quantitative estimate of drug-likeness (QED) is 0.176. The van der Waals surface area contributed by atoms with Crippen molar-refractivity contribution in [3.63, 3.8) is 0 Å². The first-order valence-corrected chi connectivity index (χ1v) is 14.5. The van der Waals surface area contributed by atoms with E-state index in [1.54, 1.807) is 0 Å². The monoisotopic (exact) mass is 624 g/mol. The van der Waals surface area contributed by atoms with Gasteiger partial charge in [-0.05, 0) is 95.4 Å². The molecule has 0 aliphatic heterocycles. The van der Waals surface area contributed by atoms with Crippen molar-refractivity contribution in [2.24, 2.45) is 0 Å². The second-order valence-corrected chi connectivity index (χ2v) is 11.6. The van der Waals surface area contributed by atoms with Crippen LogP contribution in [0.3, 0.4) is 0 Å². The van der Waals surface area contributed by atoms with Crippen LogP contribution in [0.5, 0.6) is 0 Å². The minimum absolute atomic E-state index is 0.911. The van der Waals surface area contributed by atoms with Gasteiger partial charge in [0.15, 0.2) is 0 Å². The minimum Gasteiger partial charge on any atom is -0.456 e. The first-order chi connectivity index (χ1) is 19.8. The molecular formula is C36H21IN2O. The van der Waals surface area contributed by atoms with E-state index >= 15 is 0 Å². The normalized spacial score (nSPS) is 12.1. The molecule has 0 saturated heterocycles. The fraction of sp³-hybridized carbons (Fsp3) is 0. The Kier molecular flexibility index (Phi) is 4.58. The fourth-order valence-electron chi connectivity index (χ4n) is 6.52. The highest BCUT2D eigenvalue weighted by molar-refractivity contribution is 14.1. The number of fused-ring (bicyclic) bond motifs is 10. The molecule has 9 aromatic rings. The zero-order chi connectivity index (χ0) is 26.4. The maximum atomic E-state index is 6.15. The van der Waals surface area contributed by atoms with E-state index in [4.69, 9.17) is 4.42 Å². The Balaban J connectivity index is 1.43. The SMILES string of the molecule is Ic1ccc(-n2c3ccccc3c3c4c5ccccc5n(-c5ccc6oc7ccccc7c6c5)c4ccc32)cc1. The summed E-state index contributed by atoms with van der Waals surface area (Å²) >= 11 is 2.37. The average Bonchev–Trinajstić information content (AvgIpc) is 3.65. The molecule has 0 aliphatic rings. The molecule has 3 aromatic heterocycles. The van der Waals surface area contributed by atoms with E-state index in [9.17, 15) is 0 Å². The van der Waals surface area contributed by atoms with Gasteiger partial charge in [-0.15, -0.1) is 0 Å². The summed E-state index contributed by atoms with van der Waals surface area (Å²) in [6.45, 7) is 0. The molecule has 3 nitrogen and oxygen atoms in total. The first-order valence-electron chi connectivity index (χ1n) is 13.4. The van der Waals surface area contributed by atoms with Crippen LogP contribution in [0.4, 0.5) is 0 Å². The molecule has 188 valence electrons. The highest BCUT2D eigenvalue weighted by Crippen LogP contribution is 2.42. The molecule has 0 spiro atoms. The molecule has 6 aromatic carbocycles. The largest absolute Gasteiger partial charge is 0.456 e. The topological polar surface area (TPSA) is 23.0 Å². The number of halogens is 1. The van der Waals surface area contributed by atoms with E-state index in [0.717, 1.165) is 27.6 Å². The van der Waals surface area contributed by atoms with Crippen molar-refractivity contribution in [1.29, 1.82) is 0 Å². The Hall–Kier alpha value is -4.55. The van der Waals surface area contributed by atoms with Crippen LogP contribution in [0.15, 0.2) is 132 Å². The molecule has 0 saturated carbocycles. The second-order valence-electron chi connectivity index (χ2n) is 10.3. The molecule has 0 N–H and O–H groups in total. The van der Waals surface area contributed by atoms with Gasteiger partial charge in [0.1, 0.15) is 11.2 Å². The molecular weight excluding hydrogens is 603 g/mol. The van der Waals surface area contributed by atoms with Gasteiger partial charge in [-0.3, -0.25) is 0 Å². The number of benzene rings is 6. The van der Waals surface area contributed by atoms with Gasteiger partial charge in [0, 0.05) is 47.3 Å². The Morgan fingerprint density at radius 2 is 0.950 bits per heavy atom. The van der Waals surface area contributed by atoms with Gasteiger partial charge in [0.2, 0.25) is 0 Å². The van der Waals surface area contributed by atoms with E-state index in [1.807, 2.05) is 12.1 Å². The van der Waals surface area contributed by atoms with E-state index in [2.05, 4.69) is 147 Å². The number of aromatic nitrogens is 2. The lowest BCUT2D eigenvalue weighted by Crippen LogP contribution is -1.95. The van der Waals surface area contributed by atoms with Gasteiger partial charge < -0.3 is 13.6 Å². The van der Waals surface area contributed by atoms with Gasteiger partial charge >= 0.3 is 0 Å². The van der Waals surface area contributed by atoms with Crippen molar-refractivity contribution in [3.8, 4) is 11.4 Å². The Bertz CT molecular complexity index is 2440. The maximum Gasteiger partial charge on any atom is 0.135 e. The third-order valence-electron chi connectivity index (χ3n) is 8.18. The van der Waals surface area contributed by atoms with Crippen LogP contribution in [0, 0.1) is 3.57 Å². The Morgan fingerprint density at radius 1 is 0.425 bits per heavy atom. The van der Waals surface area contributed by atoms with Gasteiger partial charge in [-0.1, -0.05) is 54.6 Å². The van der Waals surface area contributed by atoms with Crippen molar-refractivity contribution in [3.05, 3.63) is 131 Å². The zero-order valence-electron chi connectivity index (χ0n) is 21.3. The van der Waals surface area contributed by atoms with Gasteiger partial charge in [-0.25, -0.2) is 0 Å². The highest BCUT2D eigenvalue weighted by atomic mass is 127. The lowest BCUT2D eigenvalue weighted by molar-refractivity contribution is 0.669. The molecule has 0 unspecified atom stereocenters. The lowest BCUT2D eigenvalue weighted by Gasteiger charge is -2.09. The number of nitrogens with zero attached hydrogens (tertiary/aromatic N) is 2. The van der Waals surface area contributed by atoms with Crippen LogP contribution >= 0.6 is 22.6 Å². The molecule has 3 heterocycles.